The topological polar surface area (TPSA) is 79.0 Å². The van der Waals surface area contributed by atoms with E-state index < -0.39 is 5.54 Å². The number of rotatable bonds is 7. The number of amides is 4. The van der Waals surface area contributed by atoms with Crippen LogP contribution in [0.15, 0.2) is 12.2 Å². The number of hydrogen-bond acceptors (Lipinski definition) is 4. The van der Waals surface area contributed by atoms with Gasteiger partial charge < -0.3 is 15.0 Å². The van der Waals surface area contributed by atoms with E-state index in [0.29, 0.717) is 38.6 Å². The molecule has 0 unspecified atom stereocenters. The Balaban J connectivity index is 1.67. The number of nitrogens with one attached hydrogen (secondary N) is 1. The third kappa shape index (κ3) is 4.65. The zero-order valence-electron chi connectivity index (χ0n) is 18.0. The van der Waals surface area contributed by atoms with Gasteiger partial charge in [0.25, 0.3) is 5.91 Å². The number of carbonyl (C=O) groups excluding carboxylic acids is 3. The van der Waals surface area contributed by atoms with Crippen LogP contribution < -0.4 is 5.32 Å². The van der Waals surface area contributed by atoms with Gasteiger partial charge in [-0.2, -0.15) is 0 Å². The van der Waals surface area contributed by atoms with Crippen LogP contribution in [0, 0.1) is 11.8 Å². The van der Waals surface area contributed by atoms with Crippen LogP contribution in [0.3, 0.4) is 0 Å². The van der Waals surface area contributed by atoms with Crippen LogP contribution in [-0.2, 0) is 14.3 Å². The molecule has 1 N–H and O–H groups in total. The minimum atomic E-state index is -0.840. The van der Waals surface area contributed by atoms with Gasteiger partial charge in [-0.15, -0.1) is 0 Å². The molecule has 4 amide bonds. The summed E-state index contributed by atoms with van der Waals surface area (Å²) in [5.74, 6) is 0.310. The number of hydrogen-bond donors (Lipinski definition) is 1. The summed E-state index contributed by atoms with van der Waals surface area (Å²) >= 11 is 0. The number of allylic oxidation sites excluding steroid dienone is 1. The molecule has 0 bridgehead atoms. The summed E-state index contributed by atoms with van der Waals surface area (Å²) in [7, 11) is 0. The second-order valence-corrected chi connectivity index (χ2v) is 8.90. The Kier molecular flexibility index (Phi) is 6.98. The van der Waals surface area contributed by atoms with Crippen molar-refractivity contribution in [2.75, 3.05) is 26.2 Å². The zero-order valence-corrected chi connectivity index (χ0v) is 18.0. The molecule has 7 nitrogen and oxygen atoms in total. The van der Waals surface area contributed by atoms with Gasteiger partial charge in [0.05, 0.1) is 12.6 Å². The van der Waals surface area contributed by atoms with Crippen LogP contribution >= 0.6 is 0 Å². The van der Waals surface area contributed by atoms with Crippen molar-refractivity contribution in [3.63, 3.8) is 0 Å². The number of piperidine rings is 1. The monoisotopic (exact) mass is 405 g/mol. The van der Waals surface area contributed by atoms with E-state index in [1.54, 1.807) is 6.08 Å². The fourth-order valence-electron chi connectivity index (χ4n) is 4.82. The van der Waals surface area contributed by atoms with E-state index >= 15 is 0 Å². The quantitative estimate of drug-likeness (QED) is 0.522. The summed E-state index contributed by atoms with van der Waals surface area (Å²) in [5, 5.41) is 3.06. The molecule has 3 saturated heterocycles. The number of likely N-dealkylation sites (tertiary alicyclic amines) is 1. The Hall–Kier alpha value is -1.89. The predicted molar refractivity (Wildman–Crippen MR) is 110 cm³/mol. The second-order valence-electron chi connectivity index (χ2n) is 8.90. The molecular formula is C22H35N3O4. The number of imide groups is 1. The molecule has 3 aliphatic heterocycles. The molecule has 3 aliphatic rings. The highest BCUT2D eigenvalue weighted by molar-refractivity contribution is 6.07. The Morgan fingerprint density at radius 3 is 2.59 bits per heavy atom. The molecule has 0 aromatic rings. The van der Waals surface area contributed by atoms with E-state index in [0.717, 1.165) is 32.1 Å². The number of nitrogens with zero attached hydrogens (tertiary/aromatic N) is 2. The van der Waals surface area contributed by atoms with Gasteiger partial charge in [-0.3, -0.25) is 14.5 Å². The first-order valence-electron chi connectivity index (χ1n) is 11.1. The van der Waals surface area contributed by atoms with E-state index in [4.69, 9.17) is 4.74 Å². The summed E-state index contributed by atoms with van der Waals surface area (Å²) in [6.07, 6.45) is 8.28. The van der Waals surface area contributed by atoms with Crippen LogP contribution in [-0.4, -0.2) is 65.5 Å². The van der Waals surface area contributed by atoms with Gasteiger partial charge in [0.1, 0.15) is 5.54 Å². The maximum absolute atomic E-state index is 13.4. The fourth-order valence-corrected chi connectivity index (χ4v) is 4.82. The largest absolute Gasteiger partial charge is 0.376 e. The molecule has 7 heteroatoms. The third-order valence-corrected chi connectivity index (χ3v) is 6.38. The molecule has 0 aromatic heterocycles. The first-order chi connectivity index (χ1) is 13.9. The van der Waals surface area contributed by atoms with Crippen molar-refractivity contribution in [1.82, 2.24) is 15.1 Å². The minimum Gasteiger partial charge on any atom is -0.376 e. The molecular weight excluding hydrogens is 370 g/mol. The first kappa shape index (κ1) is 21.8. The van der Waals surface area contributed by atoms with Crippen molar-refractivity contribution < 1.29 is 19.1 Å². The summed E-state index contributed by atoms with van der Waals surface area (Å²) in [4.78, 5) is 41.7. The molecule has 3 rings (SSSR count). The van der Waals surface area contributed by atoms with E-state index in [2.05, 4.69) is 5.32 Å². The van der Waals surface area contributed by atoms with Gasteiger partial charge in [0, 0.05) is 19.7 Å². The molecule has 0 radical (unpaired) electrons. The van der Waals surface area contributed by atoms with Gasteiger partial charge in [-0.25, -0.2) is 4.79 Å². The number of carbonyl (C=O) groups is 3. The Morgan fingerprint density at radius 1 is 1.28 bits per heavy atom. The fraction of sp³-hybridized carbons (Fsp3) is 0.773. The lowest BCUT2D eigenvalue weighted by molar-refractivity contribution is -0.136. The molecule has 29 heavy (non-hydrogen) atoms. The number of ether oxygens (including phenoxy) is 1. The van der Waals surface area contributed by atoms with E-state index in [-0.39, 0.29) is 29.9 Å². The Morgan fingerprint density at radius 2 is 2.00 bits per heavy atom. The highest BCUT2D eigenvalue weighted by Crippen LogP contribution is 2.37. The van der Waals surface area contributed by atoms with Gasteiger partial charge in [0.2, 0.25) is 5.91 Å². The smallest absolute Gasteiger partial charge is 0.325 e. The molecule has 0 spiro atoms. The average molecular weight is 406 g/mol. The average Bonchev–Trinajstić information content (AvgIpc) is 3.30. The third-order valence-electron chi connectivity index (χ3n) is 6.38. The van der Waals surface area contributed by atoms with Gasteiger partial charge in [-0.1, -0.05) is 33.3 Å². The summed E-state index contributed by atoms with van der Waals surface area (Å²) in [6, 6.07) is -0.294. The molecule has 162 valence electrons. The standard InChI is InChI=1S/C22H35N3O4/c1-4-11-22(17-9-12-24(13-10-17)19(26)8-7-16(2)3)20(27)25(21(28)23-22)15-18-6-5-14-29-18/h7-8,16-18H,4-6,9-15H2,1-3H3,(H,23,28)/b8-7+/t18-,22-/m0/s1. The molecule has 2 atom stereocenters. The lowest BCUT2D eigenvalue weighted by atomic mass is 9.74. The van der Waals surface area contributed by atoms with E-state index in [1.807, 2.05) is 31.7 Å². The maximum atomic E-state index is 13.4. The summed E-state index contributed by atoms with van der Waals surface area (Å²) in [5.41, 5.74) is -0.840. The van der Waals surface area contributed by atoms with Crippen molar-refractivity contribution in [1.29, 1.82) is 0 Å². The van der Waals surface area contributed by atoms with Crippen molar-refractivity contribution in [2.45, 2.75) is 70.9 Å². The molecule has 3 fully saturated rings. The minimum absolute atomic E-state index is 0.0310. The molecule has 0 aromatic carbocycles. The van der Waals surface area contributed by atoms with Crippen molar-refractivity contribution in [2.24, 2.45) is 11.8 Å². The van der Waals surface area contributed by atoms with Crippen molar-refractivity contribution in [3.8, 4) is 0 Å². The van der Waals surface area contributed by atoms with Crippen molar-refractivity contribution >= 4 is 17.8 Å². The SMILES string of the molecule is CCC[C@@]1(C2CCN(C(=O)/C=C/C(C)C)CC2)NC(=O)N(C[C@@H]2CCCO2)C1=O. The Labute approximate surface area is 173 Å². The van der Waals surface area contributed by atoms with Crippen LogP contribution in [0.5, 0.6) is 0 Å². The predicted octanol–water partition coefficient (Wildman–Crippen LogP) is 2.71. The van der Waals surface area contributed by atoms with E-state index in [9.17, 15) is 14.4 Å². The van der Waals surface area contributed by atoms with Crippen LogP contribution in [0.2, 0.25) is 0 Å². The highest BCUT2D eigenvalue weighted by atomic mass is 16.5. The van der Waals surface area contributed by atoms with Crippen LogP contribution in [0.1, 0.15) is 59.3 Å². The Bertz CT molecular complexity index is 648. The normalized spacial score (nSPS) is 28.8. The van der Waals surface area contributed by atoms with Gasteiger partial charge >= 0.3 is 6.03 Å². The zero-order chi connectivity index (χ0) is 21.0. The van der Waals surface area contributed by atoms with E-state index in [1.165, 1.54) is 4.90 Å². The van der Waals surface area contributed by atoms with Gasteiger partial charge in [-0.05, 0) is 50.0 Å². The van der Waals surface area contributed by atoms with Crippen LogP contribution in [0.4, 0.5) is 4.79 Å². The first-order valence-corrected chi connectivity index (χ1v) is 11.1. The van der Waals surface area contributed by atoms with Gasteiger partial charge in [0.15, 0.2) is 0 Å². The second kappa shape index (κ2) is 9.28. The lowest BCUT2D eigenvalue weighted by Crippen LogP contribution is -2.56. The lowest BCUT2D eigenvalue weighted by Gasteiger charge is -2.40. The summed E-state index contributed by atoms with van der Waals surface area (Å²) < 4.78 is 5.64. The molecule has 3 heterocycles. The van der Waals surface area contributed by atoms with Crippen LogP contribution in [0.25, 0.3) is 0 Å². The highest BCUT2D eigenvalue weighted by Gasteiger charge is 2.55. The van der Waals surface area contributed by atoms with Crippen molar-refractivity contribution in [3.05, 3.63) is 12.2 Å². The summed E-state index contributed by atoms with van der Waals surface area (Å²) in [6.45, 7) is 8.40. The maximum Gasteiger partial charge on any atom is 0.325 e. The number of urea groups is 1. The molecule has 0 saturated carbocycles. The molecule has 0 aliphatic carbocycles.